The molecule has 0 saturated carbocycles. The molecule has 28 heavy (non-hydrogen) atoms. The van der Waals surface area contributed by atoms with Gasteiger partial charge in [-0.05, 0) is 23.8 Å². The molecule has 146 valence electrons. The van der Waals surface area contributed by atoms with Crippen molar-refractivity contribution in [3.63, 3.8) is 0 Å². The minimum Gasteiger partial charge on any atom is -0.459 e. The van der Waals surface area contributed by atoms with Gasteiger partial charge in [0, 0.05) is 37.0 Å². The fourth-order valence-electron chi connectivity index (χ4n) is 3.42. The number of nitrogens with one attached hydrogen (secondary N) is 3. The molecule has 1 aromatic heterocycles. The van der Waals surface area contributed by atoms with Gasteiger partial charge in [-0.1, -0.05) is 36.4 Å². The summed E-state index contributed by atoms with van der Waals surface area (Å²) in [5.41, 5.74) is 2.92. The van der Waals surface area contributed by atoms with E-state index in [2.05, 4.69) is 27.0 Å². The number of para-hydroxylation sites is 2. The topological polar surface area (TPSA) is 78.7 Å². The van der Waals surface area contributed by atoms with Crippen LogP contribution in [-0.2, 0) is 11.3 Å². The van der Waals surface area contributed by atoms with Gasteiger partial charge in [0.25, 0.3) is 0 Å². The number of hydrogen-bond acceptors (Lipinski definition) is 3. The molecule has 1 aliphatic heterocycles. The van der Waals surface area contributed by atoms with E-state index in [4.69, 9.17) is 4.42 Å². The first-order chi connectivity index (χ1) is 13.2. The maximum absolute atomic E-state index is 11.9. The van der Waals surface area contributed by atoms with Gasteiger partial charge in [-0.2, -0.15) is 0 Å². The third-order valence-corrected chi connectivity index (χ3v) is 4.75. The fraction of sp³-hybridized carbons (Fsp3) is 0.238. The number of nitrogens with zero attached hydrogens (tertiary/aromatic N) is 1. The molecule has 0 bridgehead atoms. The van der Waals surface area contributed by atoms with Crippen LogP contribution in [0.2, 0.25) is 0 Å². The zero-order chi connectivity index (χ0) is 18.6. The summed E-state index contributed by atoms with van der Waals surface area (Å²) in [5.74, 6) is 1.69. The van der Waals surface area contributed by atoms with Gasteiger partial charge in [-0.25, -0.2) is 0 Å². The highest BCUT2D eigenvalue weighted by molar-refractivity contribution is 14.0. The number of hydrogen-bond donors (Lipinski definition) is 3. The third kappa shape index (κ3) is 4.46. The number of carbonyl (C=O) groups is 1. The maximum atomic E-state index is 11.9. The average Bonchev–Trinajstić information content (AvgIpc) is 3.10. The van der Waals surface area contributed by atoms with E-state index < -0.39 is 0 Å². The second kappa shape index (κ2) is 9.09. The second-order valence-corrected chi connectivity index (χ2v) is 6.59. The number of anilines is 1. The van der Waals surface area contributed by atoms with Gasteiger partial charge in [0.1, 0.15) is 11.3 Å². The van der Waals surface area contributed by atoms with Crippen LogP contribution in [0.15, 0.2) is 64.0 Å². The molecule has 3 aromatic rings. The second-order valence-electron chi connectivity index (χ2n) is 6.59. The molecule has 1 aliphatic rings. The molecule has 0 radical (unpaired) electrons. The van der Waals surface area contributed by atoms with Crippen molar-refractivity contribution in [2.45, 2.75) is 18.9 Å². The third-order valence-electron chi connectivity index (χ3n) is 4.75. The Labute approximate surface area is 180 Å². The molecule has 7 heteroatoms. The smallest absolute Gasteiger partial charge is 0.225 e. The summed E-state index contributed by atoms with van der Waals surface area (Å²) in [7, 11) is 1.73. The highest BCUT2D eigenvalue weighted by atomic mass is 127. The predicted molar refractivity (Wildman–Crippen MR) is 122 cm³/mol. The molecule has 0 spiro atoms. The van der Waals surface area contributed by atoms with Crippen molar-refractivity contribution < 1.29 is 9.21 Å². The summed E-state index contributed by atoms with van der Waals surface area (Å²) in [6.07, 6.45) is 0.463. The molecule has 1 atom stereocenters. The number of fused-ring (bicyclic) bond motifs is 2. The van der Waals surface area contributed by atoms with E-state index in [9.17, 15) is 4.79 Å². The van der Waals surface area contributed by atoms with E-state index in [-0.39, 0.29) is 35.8 Å². The van der Waals surface area contributed by atoms with Gasteiger partial charge in [0.15, 0.2) is 5.96 Å². The number of furan rings is 1. The molecular weight excluding hydrogens is 467 g/mol. The summed E-state index contributed by atoms with van der Waals surface area (Å²) in [4.78, 5) is 16.2. The summed E-state index contributed by atoms with van der Waals surface area (Å²) in [6, 6.07) is 17.9. The largest absolute Gasteiger partial charge is 0.459 e. The van der Waals surface area contributed by atoms with Crippen molar-refractivity contribution in [1.29, 1.82) is 0 Å². The van der Waals surface area contributed by atoms with Crippen molar-refractivity contribution in [3.8, 4) is 0 Å². The molecular formula is C21H23IN4O2. The maximum Gasteiger partial charge on any atom is 0.225 e. The number of guanidine groups is 1. The molecule has 0 aliphatic carbocycles. The number of amides is 1. The van der Waals surface area contributed by atoms with E-state index in [1.165, 1.54) is 0 Å². The van der Waals surface area contributed by atoms with Crippen LogP contribution in [0.3, 0.4) is 0 Å². The fourth-order valence-corrected chi connectivity index (χ4v) is 3.42. The molecule has 1 unspecified atom stereocenters. The molecule has 2 aromatic carbocycles. The van der Waals surface area contributed by atoms with Crippen LogP contribution >= 0.6 is 24.0 Å². The molecule has 2 heterocycles. The Kier molecular flexibility index (Phi) is 6.56. The van der Waals surface area contributed by atoms with Crippen LogP contribution in [0.5, 0.6) is 0 Å². The lowest BCUT2D eigenvalue weighted by Crippen LogP contribution is -2.40. The molecule has 0 saturated heterocycles. The lowest BCUT2D eigenvalue weighted by Gasteiger charge is -2.26. The van der Waals surface area contributed by atoms with Gasteiger partial charge in [0.05, 0.1) is 6.54 Å². The van der Waals surface area contributed by atoms with Gasteiger partial charge in [0.2, 0.25) is 5.91 Å². The number of halogens is 1. The van der Waals surface area contributed by atoms with Crippen LogP contribution in [0.1, 0.15) is 23.7 Å². The molecule has 3 N–H and O–H groups in total. The monoisotopic (exact) mass is 490 g/mol. The minimum absolute atomic E-state index is 0. The quantitative estimate of drug-likeness (QED) is 0.295. The molecule has 1 amide bonds. The van der Waals surface area contributed by atoms with Crippen LogP contribution in [0.25, 0.3) is 11.0 Å². The van der Waals surface area contributed by atoms with Gasteiger partial charge in [-0.3, -0.25) is 9.79 Å². The first-order valence-corrected chi connectivity index (χ1v) is 9.03. The number of benzene rings is 2. The van der Waals surface area contributed by atoms with Crippen LogP contribution in [0, 0.1) is 0 Å². The Balaban J connectivity index is 0.00000225. The van der Waals surface area contributed by atoms with Crippen LogP contribution in [-0.4, -0.2) is 25.5 Å². The summed E-state index contributed by atoms with van der Waals surface area (Å²) < 4.78 is 5.82. The van der Waals surface area contributed by atoms with Crippen LogP contribution < -0.4 is 16.0 Å². The average molecular weight is 490 g/mol. The van der Waals surface area contributed by atoms with Gasteiger partial charge < -0.3 is 20.4 Å². The van der Waals surface area contributed by atoms with E-state index in [0.717, 1.165) is 28.0 Å². The van der Waals surface area contributed by atoms with Crippen molar-refractivity contribution in [2.75, 3.05) is 18.9 Å². The van der Waals surface area contributed by atoms with E-state index in [1.807, 2.05) is 48.5 Å². The summed E-state index contributed by atoms with van der Waals surface area (Å²) >= 11 is 0. The Bertz CT molecular complexity index is 966. The lowest BCUT2D eigenvalue weighted by molar-refractivity contribution is -0.116. The molecule has 6 nitrogen and oxygen atoms in total. The summed E-state index contributed by atoms with van der Waals surface area (Å²) in [6.45, 7) is 1.17. The zero-order valence-electron chi connectivity index (χ0n) is 15.6. The standard InChI is InChI=1S/C21H22N4O2.HI/c1-22-21(24-13-16-10-14-6-2-5-9-19(14)27-16)23-12-15-11-20(26)25-18-8-4-3-7-17(15)18;/h2-10,15H,11-13H2,1H3,(H,25,26)(H2,22,23,24);1H. The SMILES string of the molecule is CN=C(NCc1cc2ccccc2o1)NCC1CC(=O)Nc2ccccc21.I. The highest BCUT2D eigenvalue weighted by Gasteiger charge is 2.24. The Hall–Kier alpha value is -2.55. The lowest BCUT2D eigenvalue weighted by atomic mass is 9.90. The van der Waals surface area contributed by atoms with E-state index >= 15 is 0 Å². The zero-order valence-corrected chi connectivity index (χ0v) is 17.9. The van der Waals surface area contributed by atoms with Crippen molar-refractivity contribution in [3.05, 3.63) is 65.9 Å². The minimum atomic E-state index is 0. The number of rotatable bonds is 4. The normalized spacial score (nSPS) is 16.1. The van der Waals surface area contributed by atoms with Crippen molar-refractivity contribution in [1.82, 2.24) is 10.6 Å². The van der Waals surface area contributed by atoms with Crippen LogP contribution in [0.4, 0.5) is 5.69 Å². The molecule has 0 fully saturated rings. The van der Waals surface area contributed by atoms with Crippen molar-refractivity contribution >= 4 is 52.5 Å². The molecule has 4 rings (SSSR count). The van der Waals surface area contributed by atoms with Crippen molar-refractivity contribution in [2.24, 2.45) is 4.99 Å². The first kappa shape index (κ1) is 20.2. The van der Waals surface area contributed by atoms with E-state index in [1.54, 1.807) is 7.05 Å². The van der Waals surface area contributed by atoms with Gasteiger partial charge >= 0.3 is 0 Å². The predicted octanol–water partition coefficient (Wildman–Crippen LogP) is 3.84. The first-order valence-electron chi connectivity index (χ1n) is 9.03. The number of carbonyl (C=O) groups excluding carboxylic acids is 1. The Morgan fingerprint density at radius 3 is 2.79 bits per heavy atom. The Morgan fingerprint density at radius 2 is 1.96 bits per heavy atom. The number of aliphatic imine (C=N–C) groups is 1. The van der Waals surface area contributed by atoms with Gasteiger partial charge in [-0.15, -0.1) is 24.0 Å². The summed E-state index contributed by atoms with van der Waals surface area (Å²) in [5, 5.41) is 10.6. The Morgan fingerprint density at radius 1 is 1.18 bits per heavy atom. The highest BCUT2D eigenvalue weighted by Crippen LogP contribution is 2.31. The van der Waals surface area contributed by atoms with E-state index in [0.29, 0.717) is 25.5 Å².